The van der Waals surface area contributed by atoms with Gasteiger partial charge in [0, 0.05) is 0 Å². The molecule has 0 aliphatic rings. The molecule has 0 atom stereocenters. The van der Waals surface area contributed by atoms with Crippen molar-refractivity contribution in [3.63, 3.8) is 0 Å². The third kappa shape index (κ3) is 2.79. The average Bonchev–Trinajstić information content (AvgIpc) is 2.80. The fraction of sp³-hybridized carbons (Fsp3) is 0. The number of fused-ring (bicyclic) bond motifs is 6. The van der Waals surface area contributed by atoms with E-state index in [1.807, 2.05) is 0 Å². The molecule has 4 N–H and O–H groups in total. The van der Waals surface area contributed by atoms with Crippen LogP contribution in [0, 0.1) is 0 Å². The summed E-state index contributed by atoms with van der Waals surface area (Å²) in [5.74, 6) is -5.88. The van der Waals surface area contributed by atoms with E-state index in [4.69, 9.17) is 0 Å². The molecule has 0 spiro atoms. The highest BCUT2D eigenvalue weighted by molar-refractivity contribution is 6.30. The van der Waals surface area contributed by atoms with Gasteiger partial charge in [0.1, 0.15) is 0 Å². The maximum atomic E-state index is 12.3. The molecule has 5 aromatic rings. The second kappa shape index (κ2) is 7.28. The molecular formula is C26H14O8. The molecule has 0 amide bonds. The Morgan fingerprint density at radius 3 is 0.971 bits per heavy atom. The number of carboxylic acids is 4. The van der Waals surface area contributed by atoms with Crippen molar-refractivity contribution in [2.24, 2.45) is 0 Å². The fourth-order valence-electron chi connectivity index (χ4n) is 4.76. The predicted molar refractivity (Wildman–Crippen MR) is 124 cm³/mol. The third-order valence-corrected chi connectivity index (χ3v) is 6.02. The minimum Gasteiger partial charge on any atom is -0.478 e. The topological polar surface area (TPSA) is 149 Å². The van der Waals surface area contributed by atoms with Gasteiger partial charge in [-0.25, -0.2) is 19.2 Å². The first-order valence-corrected chi connectivity index (χ1v) is 10.0. The predicted octanol–water partition coefficient (Wildman–Crippen LogP) is 5.09. The number of carbonyl (C=O) groups is 4. The molecule has 0 heterocycles. The van der Waals surface area contributed by atoms with Gasteiger partial charge in [-0.15, -0.1) is 0 Å². The molecule has 5 aromatic carbocycles. The standard InChI is InChI=1S/C26H14O8/c27-23(28)19-13-7-3-1-5-11(13)15-9-16-12-6-2-4-8-14(12)20(24(29)30)22(26(33)34)18(16)10-17(15)21(19)25(31)32/h1-10H,(H,27,28)(H,29,30)(H,31,32)(H,33,34). The van der Waals surface area contributed by atoms with Crippen LogP contribution < -0.4 is 0 Å². The normalized spacial score (nSPS) is 11.3. The van der Waals surface area contributed by atoms with Crippen LogP contribution >= 0.6 is 0 Å². The van der Waals surface area contributed by atoms with Gasteiger partial charge in [-0.2, -0.15) is 0 Å². The van der Waals surface area contributed by atoms with Crippen molar-refractivity contribution in [3.8, 4) is 0 Å². The summed E-state index contributed by atoms with van der Waals surface area (Å²) >= 11 is 0. The maximum Gasteiger partial charge on any atom is 0.337 e. The SMILES string of the molecule is O=C(O)c1c(C(=O)O)c2cc3c(C(=O)O)c(C(=O)O)c4ccccc4c3cc2c2ccccc12. The summed E-state index contributed by atoms with van der Waals surface area (Å²) in [5, 5.41) is 41.9. The van der Waals surface area contributed by atoms with Crippen molar-refractivity contribution in [2.45, 2.75) is 0 Å². The number of hydrogen-bond acceptors (Lipinski definition) is 4. The van der Waals surface area contributed by atoms with E-state index in [1.165, 1.54) is 18.2 Å². The van der Waals surface area contributed by atoms with Crippen LogP contribution in [0.25, 0.3) is 43.1 Å². The van der Waals surface area contributed by atoms with E-state index in [9.17, 15) is 39.6 Å². The van der Waals surface area contributed by atoms with E-state index in [-0.39, 0.29) is 21.5 Å². The highest BCUT2D eigenvalue weighted by Crippen LogP contribution is 2.40. The maximum absolute atomic E-state index is 12.3. The Balaban J connectivity index is 2.18. The molecule has 8 heteroatoms. The van der Waals surface area contributed by atoms with E-state index in [0.29, 0.717) is 21.5 Å². The van der Waals surface area contributed by atoms with Gasteiger partial charge in [-0.1, -0.05) is 48.5 Å². The summed E-state index contributed by atoms with van der Waals surface area (Å²) in [4.78, 5) is 48.7. The van der Waals surface area contributed by atoms with Crippen molar-refractivity contribution in [1.29, 1.82) is 0 Å². The molecular weight excluding hydrogens is 440 g/mol. The zero-order chi connectivity index (χ0) is 24.3. The van der Waals surface area contributed by atoms with E-state index < -0.39 is 46.1 Å². The first-order valence-electron chi connectivity index (χ1n) is 10.0. The highest BCUT2D eigenvalue weighted by atomic mass is 16.4. The lowest BCUT2D eigenvalue weighted by molar-refractivity contribution is 0.0654. The van der Waals surface area contributed by atoms with Gasteiger partial charge in [0.25, 0.3) is 0 Å². The van der Waals surface area contributed by atoms with Crippen LogP contribution in [0.1, 0.15) is 41.4 Å². The van der Waals surface area contributed by atoms with Crippen molar-refractivity contribution in [3.05, 3.63) is 82.9 Å². The zero-order valence-electron chi connectivity index (χ0n) is 17.2. The lowest BCUT2D eigenvalue weighted by Gasteiger charge is -2.17. The van der Waals surface area contributed by atoms with Crippen LogP contribution in [0.5, 0.6) is 0 Å². The lowest BCUT2D eigenvalue weighted by atomic mass is 9.86. The van der Waals surface area contributed by atoms with Gasteiger partial charge in [-0.3, -0.25) is 0 Å². The molecule has 166 valence electrons. The molecule has 0 saturated heterocycles. The van der Waals surface area contributed by atoms with Crippen molar-refractivity contribution < 1.29 is 39.6 Å². The van der Waals surface area contributed by atoms with Crippen LogP contribution in [0.15, 0.2) is 60.7 Å². The first-order chi connectivity index (χ1) is 16.2. The number of carboxylic acid groups (broad SMARTS) is 4. The van der Waals surface area contributed by atoms with Gasteiger partial charge in [0.05, 0.1) is 22.3 Å². The quantitative estimate of drug-likeness (QED) is 0.217. The van der Waals surface area contributed by atoms with Crippen LogP contribution in [-0.2, 0) is 0 Å². The summed E-state index contributed by atoms with van der Waals surface area (Å²) < 4.78 is 0. The fourth-order valence-corrected chi connectivity index (χ4v) is 4.76. The Kier molecular flexibility index (Phi) is 4.47. The van der Waals surface area contributed by atoms with Gasteiger partial charge in [0.2, 0.25) is 0 Å². The van der Waals surface area contributed by atoms with E-state index in [1.54, 1.807) is 42.5 Å². The largest absolute Gasteiger partial charge is 0.478 e. The lowest BCUT2D eigenvalue weighted by Crippen LogP contribution is -2.12. The zero-order valence-corrected chi connectivity index (χ0v) is 17.2. The van der Waals surface area contributed by atoms with E-state index in [0.717, 1.165) is 0 Å². The molecule has 0 bridgehead atoms. The Labute approximate surface area is 189 Å². The minimum absolute atomic E-state index is 0.00483. The Morgan fingerprint density at radius 1 is 0.382 bits per heavy atom. The minimum atomic E-state index is -1.50. The molecule has 8 nitrogen and oxygen atoms in total. The molecule has 0 saturated carbocycles. The molecule has 34 heavy (non-hydrogen) atoms. The van der Waals surface area contributed by atoms with Crippen LogP contribution in [0.2, 0.25) is 0 Å². The average molecular weight is 454 g/mol. The second-order valence-corrected chi connectivity index (χ2v) is 7.76. The summed E-state index contributed by atoms with van der Waals surface area (Å²) in [6, 6.07) is 15.8. The number of hydrogen-bond donors (Lipinski definition) is 4. The molecule has 0 aromatic heterocycles. The monoisotopic (exact) mass is 454 g/mol. The molecule has 0 radical (unpaired) electrons. The molecule has 0 aliphatic heterocycles. The third-order valence-electron chi connectivity index (χ3n) is 6.02. The summed E-state index contributed by atoms with van der Waals surface area (Å²) in [5.41, 5.74) is -1.84. The number of aromatic carboxylic acids is 4. The van der Waals surface area contributed by atoms with E-state index in [2.05, 4.69) is 0 Å². The molecule has 5 rings (SSSR count). The number of benzene rings is 5. The van der Waals surface area contributed by atoms with Gasteiger partial charge >= 0.3 is 23.9 Å². The summed E-state index contributed by atoms with van der Waals surface area (Å²) in [7, 11) is 0. The highest BCUT2D eigenvalue weighted by Gasteiger charge is 2.28. The van der Waals surface area contributed by atoms with Crippen molar-refractivity contribution in [2.75, 3.05) is 0 Å². The van der Waals surface area contributed by atoms with E-state index >= 15 is 0 Å². The van der Waals surface area contributed by atoms with Crippen molar-refractivity contribution >= 4 is 67.0 Å². The Morgan fingerprint density at radius 2 is 0.647 bits per heavy atom. The second-order valence-electron chi connectivity index (χ2n) is 7.76. The smallest absolute Gasteiger partial charge is 0.337 e. The number of rotatable bonds is 4. The summed E-state index contributed by atoms with van der Waals surface area (Å²) in [6.07, 6.45) is 0. The van der Waals surface area contributed by atoms with Gasteiger partial charge < -0.3 is 20.4 Å². The van der Waals surface area contributed by atoms with Gasteiger partial charge in [0.15, 0.2) is 0 Å². The first kappa shape index (κ1) is 20.9. The molecule has 0 fully saturated rings. The van der Waals surface area contributed by atoms with Crippen LogP contribution in [-0.4, -0.2) is 44.3 Å². The van der Waals surface area contributed by atoms with Crippen molar-refractivity contribution in [1.82, 2.24) is 0 Å². The molecule has 0 unspecified atom stereocenters. The Hall–Kier alpha value is -4.98. The summed E-state index contributed by atoms with van der Waals surface area (Å²) in [6.45, 7) is 0. The molecule has 0 aliphatic carbocycles. The Bertz CT molecular complexity index is 1640. The van der Waals surface area contributed by atoms with Crippen LogP contribution in [0.4, 0.5) is 0 Å². The van der Waals surface area contributed by atoms with Gasteiger partial charge in [-0.05, 0) is 55.2 Å². The van der Waals surface area contributed by atoms with Crippen LogP contribution in [0.3, 0.4) is 0 Å².